The van der Waals surface area contributed by atoms with Crippen LogP contribution in [0.5, 0.6) is 0 Å². The summed E-state index contributed by atoms with van der Waals surface area (Å²) in [6.07, 6.45) is 0.866. The summed E-state index contributed by atoms with van der Waals surface area (Å²) >= 11 is 1.55. The van der Waals surface area contributed by atoms with Crippen LogP contribution >= 0.6 is 11.8 Å². The van der Waals surface area contributed by atoms with Gasteiger partial charge in [0, 0.05) is 28.5 Å². The van der Waals surface area contributed by atoms with E-state index in [9.17, 15) is 9.59 Å². The lowest BCUT2D eigenvalue weighted by atomic mass is 10.1. The van der Waals surface area contributed by atoms with Crippen LogP contribution in [-0.4, -0.2) is 30.2 Å². The molecular weight excluding hydrogens is 300 g/mol. The summed E-state index contributed by atoms with van der Waals surface area (Å²) in [5.74, 6) is 0.716. The summed E-state index contributed by atoms with van der Waals surface area (Å²) in [6, 6.07) is 6.98. The molecule has 0 radical (unpaired) electrons. The summed E-state index contributed by atoms with van der Waals surface area (Å²) < 4.78 is 5.31. The Morgan fingerprint density at radius 2 is 2.18 bits per heavy atom. The number of benzene rings is 1. The summed E-state index contributed by atoms with van der Waals surface area (Å²) in [5, 5.41) is 7.35. The van der Waals surface area contributed by atoms with Crippen LogP contribution in [0.25, 0.3) is 0 Å². The molecule has 0 fully saturated rings. The van der Waals surface area contributed by atoms with Gasteiger partial charge < -0.3 is 15.4 Å². The van der Waals surface area contributed by atoms with Crippen LogP contribution in [0, 0.1) is 0 Å². The van der Waals surface area contributed by atoms with Crippen LogP contribution < -0.4 is 10.6 Å². The van der Waals surface area contributed by atoms with Crippen LogP contribution in [0.1, 0.15) is 30.6 Å². The minimum Gasteiger partial charge on any atom is -0.487 e. The Morgan fingerprint density at radius 3 is 2.86 bits per heavy atom. The van der Waals surface area contributed by atoms with E-state index >= 15 is 0 Å². The van der Waals surface area contributed by atoms with Crippen molar-refractivity contribution in [1.82, 2.24) is 5.32 Å². The zero-order chi connectivity index (χ0) is 15.9. The van der Waals surface area contributed by atoms with E-state index < -0.39 is 0 Å². The lowest BCUT2D eigenvalue weighted by molar-refractivity contribution is -0.116. The molecule has 2 rings (SSSR count). The Labute approximate surface area is 134 Å². The predicted molar refractivity (Wildman–Crippen MR) is 88.8 cm³/mol. The van der Waals surface area contributed by atoms with Crippen LogP contribution in [-0.2, 0) is 9.53 Å². The Kier molecular flexibility index (Phi) is 5.89. The van der Waals surface area contributed by atoms with Gasteiger partial charge in [0.05, 0.1) is 6.61 Å². The van der Waals surface area contributed by atoms with Crippen LogP contribution in [0.2, 0.25) is 0 Å². The van der Waals surface area contributed by atoms with E-state index in [2.05, 4.69) is 10.6 Å². The first-order valence-electron chi connectivity index (χ1n) is 7.27. The van der Waals surface area contributed by atoms with Gasteiger partial charge >= 0.3 is 0 Å². The van der Waals surface area contributed by atoms with Gasteiger partial charge in [0.1, 0.15) is 0 Å². The molecule has 2 amide bonds. The van der Waals surface area contributed by atoms with Crippen molar-refractivity contribution in [2.45, 2.75) is 26.3 Å². The fourth-order valence-electron chi connectivity index (χ4n) is 1.83. The first-order chi connectivity index (χ1) is 10.6. The van der Waals surface area contributed by atoms with Gasteiger partial charge in [-0.3, -0.25) is 9.59 Å². The molecule has 22 heavy (non-hydrogen) atoms. The number of hydrogen-bond donors (Lipinski definition) is 2. The second kappa shape index (κ2) is 7.89. The van der Waals surface area contributed by atoms with E-state index in [4.69, 9.17) is 4.74 Å². The maximum atomic E-state index is 12.1. The Balaban J connectivity index is 2.03. The molecule has 0 aromatic heterocycles. The number of carbonyl (C=O) groups is 2. The highest BCUT2D eigenvalue weighted by atomic mass is 32.2. The maximum absolute atomic E-state index is 12.1. The monoisotopic (exact) mass is 320 g/mol. The Bertz CT molecular complexity index is 587. The van der Waals surface area contributed by atoms with Crippen molar-refractivity contribution in [2.24, 2.45) is 0 Å². The molecule has 0 spiro atoms. The average molecular weight is 320 g/mol. The summed E-state index contributed by atoms with van der Waals surface area (Å²) in [5.41, 5.74) is 1.09. The highest BCUT2D eigenvalue weighted by molar-refractivity contribution is 8.02. The number of nitrogens with one attached hydrogen (secondary N) is 2. The lowest BCUT2D eigenvalue weighted by Gasteiger charge is -2.15. The van der Waals surface area contributed by atoms with Gasteiger partial charge in [-0.2, -0.15) is 0 Å². The topological polar surface area (TPSA) is 67.4 Å². The zero-order valence-electron chi connectivity index (χ0n) is 12.7. The molecule has 5 nitrogen and oxygen atoms in total. The zero-order valence-corrected chi connectivity index (χ0v) is 13.5. The third kappa shape index (κ3) is 4.53. The van der Waals surface area contributed by atoms with E-state index in [1.54, 1.807) is 41.4 Å². The number of ether oxygens (including phenoxy) is 1. The molecule has 2 N–H and O–H groups in total. The molecule has 1 aliphatic heterocycles. The minimum atomic E-state index is -0.299. The smallest absolute Gasteiger partial charge is 0.291 e. The number of anilines is 1. The fraction of sp³-hybridized carbons (Fsp3) is 0.375. The molecule has 118 valence electrons. The van der Waals surface area contributed by atoms with Gasteiger partial charge in [0.25, 0.3) is 11.8 Å². The van der Waals surface area contributed by atoms with Crippen LogP contribution in [0.15, 0.2) is 35.4 Å². The normalized spacial score (nSPS) is 15.3. The highest BCUT2D eigenvalue weighted by Crippen LogP contribution is 2.18. The van der Waals surface area contributed by atoms with Crippen molar-refractivity contribution < 1.29 is 14.3 Å². The summed E-state index contributed by atoms with van der Waals surface area (Å²) in [7, 11) is 0. The third-order valence-corrected chi connectivity index (χ3v) is 4.03. The molecule has 1 aromatic carbocycles. The van der Waals surface area contributed by atoms with Crippen molar-refractivity contribution in [1.29, 1.82) is 0 Å². The fourth-order valence-corrected chi connectivity index (χ4v) is 2.45. The average Bonchev–Trinajstić information content (AvgIpc) is 2.55. The standard InChI is InChI=1S/C16H20N2O3S/c1-3-11(2)17-15(19)12-5-4-6-13(9-12)18-16(20)14-10-22-8-7-21-14/h4-6,9-11H,3,7-8H2,1-2H3,(H,17,19)(H,18,20)/t11-/m1/s1. The lowest BCUT2D eigenvalue weighted by Crippen LogP contribution is -2.31. The molecular formula is C16H20N2O3S. The Hall–Kier alpha value is -1.95. The number of amides is 2. The van der Waals surface area contributed by atoms with Crippen LogP contribution in [0.3, 0.4) is 0 Å². The molecule has 0 saturated carbocycles. The van der Waals surface area contributed by atoms with Gasteiger partial charge in [-0.1, -0.05) is 13.0 Å². The second-order valence-corrected chi connectivity index (χ2v) is 6.00. The van der Waals surface area contributed by atoms with E-state index in [1.807, 2.05) is 13.8 Å². The molecule has 6 heteroatoms. The first kappa shape index (κ1) is 16.4. The van der Waals surface area contributed by atoms with E-state index in [0.717, 1.165) is 12.2 Å². The van der Waals surface area contributed by atoms with Gasteiger partial charge in [-0.25, -0.2) is 0 Å². The third-order valence-electron chi connectivity index (χ3n) is 3.25. The van der Waals surface area contributed by atoms with E-state index in [0.29, 0.717) is 23.6 Å². The first-order valence-corrected chi connectivity index (χ1v) is 8.32. The number of thioether (sulfide) groups is 1. The molecule has 0 bridgehead atoms. The Morgan fingerprint density at radius 1 is 1.36 bits per heavy atom. The van der Waals surface area contributed by atoms with Crippen molar-refractivity contribution >= 4 is 29.3 Å². The maximum Gasteiger partial charge on any atom is 0.291 e. The molecule has 0 saturated heterocycles. The van der Waals surface area contributed by atoms with Gasteiger partial charge in [0.15, 0.2) is 5.76 Å². The molecule has 0 unspecified atom stereocenters. The van der Waals surface area contributed by atoms with Crippen molar-refractivity contribution in [2.75, 3.05) is 17.7 Å². The van der Waals surface area contributed by atoms with E-state index in [-0.39, 0.29) is 17.9 Å². The van der Waals surface area contributed by atoms with Crippen molar-refractivity contribution in [3.63, 3.8) is 0 Å². The molecule has 1 aromatic rings. The van der Waals surface area contributed by atoms with Crippen molar-refractivity contribution in [3.8, 4) is 0 Å². The SMILES string of the molecule is CC[C@@H](C)NC(=O)c1cccc(NC(=O)C2=CSCCO2)c1. The van der Waals surface area contributed by atoms with Gasteiger partial charge in [0.2, 0.25) is 0 Å². The minimum absolute atomic E-state index is 0.114. The largest absolute Gasteiger partial charge is 0.487 e. The molecule has 1 aliphatic rings. The van der Waals surface area contributed by atoms with Gasteiger partial charge in [-0.05, 0) is 31.5 Å². The van der Waals surface area contributed by atoms with Crippen molar-refractivity contribution in [3.05, 3.63) is 41.0 Å². The van der Waals surface area contributed by atoms with E-state index in [1.165, 1.54) is 0 Å². The summed E-state index contributed by atoms with van der Waals surface area (Å²) in [4.78, 5) is 24.1. The molecule has 1 heterocycles. The van der Waals surface area contributed by atoms with Crippen LogP contribution in [0.4, 0.5) is 5.69 Å². The number of carbonyl (C=O) groups excluding carboxylic acids is 2. The summed E-state index contributed by atoms with van der Waals surface area (Å²) in [6.45, 7) is 4.49. The van der Waals surface area contributed by atoms with Gasteiger partial charge in [-0.15, -0.1) is 11.8 Å². The number of rotatable bonds is 5. The second-order valence-electron chi connectivity index (χ2n) is 5.02. The highest BCUT2D eigenvalue weighted by Gasteiger charge is 2.15. The number of hydrogen-bond acceptors (Lipinski definition) is 4. The quantitative estimate of drug-likeness (QED) is 0.875. The predicted octanol–water partition coefficient (Wildman–Crippen LogP) is 2.76. The molecule has 0 aliphatic carbocycles. The molecule has 1 atom stereocenters.